The Balaban J connectivity index is 2.30. The van der Waals surface area contributed by atoms with Gasteiger partial charge < -0.3 is 15.2 Å². The molecule has 3 amide bonds. The van der Waals surface area contributed by atoms with Crippen LogP contribution in [0.25, 0.3) is 0 Å². The summed E-state index contributed by atoms with van der Waals surface area (Å²) in [7, 11) is 0. The summed E-state index contributed by atoms with van der Waals surface area (Å²) in [6.45, 7) is 5.93. The summed E-state index contributed by atoms with van der Waals surface area (Å²) in [5, 5.41) is 1.79. The lowest BCUT2D eigenvalue weighted by Crippen LogP contribution is -2.37. The molecule has 0 spiro atoms. The summed E-state index contributed by atoms with van der Waals surface area (Å²) < 4.78 is 10.1. The number of hydrogen-bond donors (Lipinski definition) is 2. The van der Waals surface area contributed by atoms with Crippen LogP contribution in [-0.4, -0.2) is 31.1 Å². The van der Waals surface area contributed by atoms with Gasteiger partial charge in [-0.15, -0.1) is 0 Å². The summed E-state index contributed by atoms with van der Waals surface area (Å²) in [4.78, 5) is 32.9. The van der Waals surface area contributed by atoms with Gasteiger partial charge in [-0.2, -0.15) is 0 Å². The van der Waals surface area contributed by atoms with Crippen LogP contribution in [-0.2, 0) is 19.7 Å². The third kappa shape index (κ3) is 7.30. The molecule has 0 radical (unpaired) electrons. The first-order chi connectivity index (χ1) is 10.7. The zero-order valence-electron chi connectivity index (χ0n) is 13.5. The number of primary amides is 1. The number of nitrogens with one attached hydrogen (secondary N) is 1. The summed E-state index contributed by atoms with van der Waals surface area (Å²) in [6.07, 6.45) is -0.00905. The number of nitrogens with two attached hydrogens (primary N) is 1. The van der Waals surface area contributed by atoms with Gasteiger partial charge in [0.05, 0.1) is 13.0 Å². The third-order valence-electron chi connectivity index (χ3n) is 2.92. The Kier molecular flexibility index (Phi) is 6.56. The number of benzene rings is 1. The average Bonchev–Trinajstić information content (AvgIpc) is 2.44. The Morgan fingerprint density at radius 2 is 1.74 bits per heavy atom. The van der Waals surface area contributed by atoms with Crippen molar-refractivity contribution in [1.29, 1.82) is 0 Å². The molecule has 0 saturated carbocycles. The van der Waals surface area contributed by atoms with E-state index in [0.717, 1.165) is 0 Å². The average molecular weight is 322 g/mol. The molecule has 0 aliphatic rings. The molecule has 0 atom stereocenters. The van der Waals surface area contributed by atoms with Crippen molar-refractivity contribution >= 4 is 17.9 Å². The molecule has 1 aromatic rings. The van der Waals surface area contributed by atoms with Crippen LogP contribution < -0.4 is 15.8 Å². The van der Waals surface area contributed by atoms with Crippen LogP contribution in [0.2, 0.25) is 0 Å². The fourth-order valence-electron chi connectivity index (χ4n) is 1.70. The SMILES string of the molecule is CC(C)(C)c1ccc(OCCC(=O)OCC(=O)NC(N)=O)cc1. The number of imide groups is 1. The topological polar surface area (TPSA) is 108 Å². The predicted molar refractivity (Wildman–Crippen MR) is 83.9 cm³/mol. The van der Waals surface area contributed by atoms with E-state index in [0.29, 0.717) is 5.75 Å². The smallest absolute Gasteiger partial charge is 0.318 e. The third-order valence-corrected chi connectivity index (χ3v) is 2.92. The van der Waals surface area contributed by atoms with E-state index >= 15 is 0 Å². The molecular formula is C16H22N2O5. The minimum absolute atomic E-state index is 0.00905. The Morgan fingerprint density at radius 3 is 2.26 bits per heavy atom. The van der Waals surface area contributed by atoms with E-state index < -0.39 is 24.5 Å². The molecule has 7 heteroatoms. The second-order valence-corrected chi connectivity index (χ2v) is 5.95. The molecule has 1 rings (SSSR count). The zero-order chi connectivity index (χ0) is 17.5. The molecule has 1 aromatic carbocycles. The van der Waals surface area contributed by atoms with Crippen molar-refractivity contribution < 1.29 is 23.9 Å². The highest BCUT2D eigenvalue weighted by molar-refractivity contribution is 5.94. The van der Waals surface area contributed by atoms with Crippen molar-refractivity contribution in [2.75, 3.05) is 13.2 Å². The number of urea groups is 1. The number of amides is 3. The standard InChI is InChI=1S/C16H22N2O5/c1-16(2,3)11-4-6-12(7-5-11)22-9-8-14(20)23-10-13(19)18-15(17)21/h4-7H,8-10H2,1-3H3,(H3,17,18,19,21). The molecule has 3 N–H and O–H groups in total. The van der Waals surface area contributed by atoms with Gasteiger partial charge in [0.2, 0.25) is 0 Å². The molecule has 0 saturated heterocycles. The fraction of sp³-hybridized carbons (Fsp3) is 0.438. The minimum atomic E-state index is -0.993. The highest BCUT2D eigenvalue weighted by Gasteiger charge is 2.13. The second-order valence-electron chi connectivity index (χ2n) is 5.95. The fourth-order valence-corrected chi connectivity index (χ4v) is 1.70. The summed E-state index contributed by atoms with van der Waals surface area (Å²) >= 11 is 0. The Morgan fingerprint density at radius 1 is 1.13 bits per heavy atom. The molecule has 0 bridgehead atoms. The normalized spacial score (nSPS) is 10.7. The monoisotopic (exact) mass is 322 g/mol. The molecule has 0 aliphatic carbocycles. The highest BCUT2D eigenvalue weighted by atomic mass is 16.5. The van der Waals surface area contributed by atoms with Crippen LogP contribution >= 0.6 is 0 Å². The first-order valence-corrected chi connectivity index (χ1v) is 7.17. The predicted octanol–water partition coefficient (Wildman–Crippen LogP) is 1.49. The number of hydrogen-bond acceptors (Lipinski definition) is 5. The summed E-state index contributed by atoms with van der Waals surface area (Å²) in [5.74, 6) is -0.724. The lowest BCUT2D eigenvalue weighted by atomic mass is 9.87. The van der Waals surface area contributed by atoms with Crippen LogP contribution in [0.4, 0.5) is 4.79 Å². The van der Waals surface area contributed by atoms with Crippen LogP contribution in [0.5, 0.6) is 5.75 Å². The molecule has 0 fully saturated rings. The van der Waals surface area contributed by atoms with Gasteiger partial charge in [0.15, 0.2) is 6.61 Å². The number of carbonyl (C=O) groups excluding carboxylic acids is 3. The van der Waals surface area contributed by atoms with E-state index in [9.17, 15) is 14.4 Å². The van der Waals surface area contributed by atoms with Crippen molar-refractivity contribution in [3.63, 3.8) is 0 Å². The van der Waals surface area contributed by atoms with E-state index in [1.807, 2.05) is 24.3 Å². The van der Waals surface area contributed by atoms with Gasteiger partial charge >= 0.3 is 12.0 Å². The van der Waals surface area contributed by atoms with E-state index in [1.54, 1.807) is 5.32 Å². The van der Waals surface area contributed by atoms with Gasteiger partial charge in [0.1, 0.15) is 5.75 Å². The largest absolute Gasteiger partial charge is 0.493 e. The van der Waals surface area contributed by atoms with Gasteiger partial charge in [-0.3, -0.25) is 14.9 Å². The Bertz CT molecular complexity index is 561. The van der Waals surface area contributed by atoms with Gasteiger partial charge in [-0.1, -0.05) is 32.9 Å². The molecule has 126 valence electrons. The molecular weight excluding hydrogens is 300 g/mol. The van der Waals surface area contributed by atoms with E-state index in [1.165, 1.54) is 5.56 Å². The van der Waals surface area contributed by atoms with Gasteiger partial charge in [-0.05, 0) is 23.1 Å². The van der Waals surface area contributed by atoms with Crippen molar-refractivity contribution in [1.82, 2.24) is 5.32 Å². The van der Waals surface area contributed by atoms with E-state index in [-0.39, 0.29) is 18.4 Å². The van der Waals surface area contributed by atoms with Crippen LogP contribution in [0, 0.1) is 0 Å². The van der Waals surface area contributed by atoms with E-state index in [4.69, 9.17) is 10.5 Å². The first-order valence-electron chi connectivity index (χ1n) is 7.17. The maximum absolute atomic E-state index is 11.4. The minimum Gasteiger partial charge on any atom is -0.493 e. The van der Waals surface area contributed by atoms with Crippen molar-refractivity contribution in [3.05, 3.63) is 29.8 Å². The van der Waals surface area contributed by atoms with Crippen LogP contribution in [0.15, 0.2) is 24.3 Å². The lowest BCUT2D eigenvalue weighted by molar-refractivity contribution is -0.148. The van der Waals surface area contributed by atoms with Crippen molar-refractivity contribution in [3.8, 4) is 5.75 Å². The number of rotatable bonds is 6. The molecule has 0 unspecified atom stereocenters. The van der Waals surface area contributed by atoms with Gasteiger partial charge in [0.25, 0.3) is 5.91 Å². The number of ether oxygens (including phenoxy) is 2. The summed E-state index contributed by atoms with van der Waals surface area (Å²) in [6, 6.07) is 6.63. The van der Waals surface area contributed by atoms with Crippen molar-refractivity contribution in [2.24, 2.45) is 5.73 Å². The first kappa shape index (κ1) is 18.5. The highest BCUT2D eigenvalue weighted by Crippen LogP contribution is 2.24. The Labute approximate surface area is 135 Å². The van der Waals surface area contributed by atoms with Crippen molar-refractivity contribution in [2.45, 2.75) is 32.6 Å². The molecule has 23 heavy (non-hydrogen) atoms. The van der Waals surface area contributed by atoms with Crippen LogP contribution in [0.1, 0.15) is 32.8 Å². The molecule has 7 nitrogen and oxygen atoms in total. The second kappa shape index (κ2) is 8.17. The molecule has 0 heterocycles. The van der Waals surface area contributed by atoms with Gasteiger partial charge in [-0.25, -0.2) is 4.79 Å². The maximum Gasteiger partial charge on any atom is 0.318 e. The van der Waals surface area contributed by atoms with Crippen LogP contribution in [0.3, 0.4) is 0 Å². The molecule has 0 aliphatic heterocycles. The summed E-state index contributed by atoms with van der Waals surface area (Å²) in [5.41, 5.74) is 6.00. The van der Waals surface area contributed by atoms with E-state index in [2.05, 4.69) is 25.5 Å². The number of carbonyl (C=O) groups is 3. The quantitative estimate of drug-likeness (QED) is 0.772. The Hall–Kier alpha value is -2.57. The zero-order valence-corrected chi connectivity index (χ0v) is 13.5. The number of esters is 1. The van der Waals surface area contributed by atoms with Gasteiger partial charge in [0, 0.05) is 0 Å². The molecule has 0 aromatic heterocycles. The lowest BCUT2D eigenvalue weighted by Gasteiger charge is -2.19. The maximum atomic E-state index is 11.4.